The molecule has 0 amide bonds. The summed E-state index contributed by atoms with van der Waals surface area (Å²) in [5.41, 5.74) is 0. The van der Waals surface area contributed by atoms with Gasteiger partial charge in [0.2, 0.25) is 0 Å². The topological polar surface area (TPSA) is 50.3 Å². The number of hydrogen-bond donors (Lipinski definition) is 0. The fraction of sp³-hybridized carbons (Fsp3) is 0.444. The van der Waals surface area contributed by atoms with Gasteiger partial charge in [-0.15, -0.1) is 0 Å². The molecule has 0 aliphatic carbocycles. The first-order valence-corrected chi connectivity index (χ1v) is 7.72. The summed E-state index contributed by atoms with van der Waals surface area (Å²) >= 11 is 9.09. The molecule has 0 atom stereocenters. The van der Waals surface area contributed by atoms with Crippen molar-refractivity contribution in [2.75, 3.05) is 30.5 Å². The number of sulfone groups is 1. The molecule has 0 bridgehead atoms. The fourth-order valence-electron chi connectivity index (χ4n) is 1.10. The summed E-state index contributed by atoms with van der Waals surface area (Å²) in [6.45, 7) is 0.395. The Balaban J connectivity index is 2.77. The third-order valence-electron chi connectivity index (χ3n) is 1.95. The second-order valence-corrected chi connectivity index (χ2v) is 7.06. The Morgan fingerprint density at radius 2 is 2.19 bits per heavy atom. The molecule has 0 saturated heterocycles. The highest BCUT2D eigenvalue weighted by Gasteiger charge is 2.10. The molecule has 7 heteroatoms. The van der Waals surface area contributed by atoms with E-state index in [1.54, 1.807) is 18.0 Å². The van der Waals surface area contributed by atoms with Crippen molar-refractivity contribution in [3.05, 3.63) is 21.8 Å². The van der Waals surface area contributed by atoms with Gasteiger partial charge in [0.05, 0.1) is 15.2 Å². The van der Waals surface area contributed by atoms with E-state index < -0.39 is 9.84 Å². The predicted molar refractivity (Wildman–Crippen MR) is 69.9 cm³/mol. The number of pyridine rings is 1. The Bertz CT molecular complexity index is 478. The van der Waals surface area contributed by atoms with Crippen LogP contribution in [0.4, 0.5) is 5.82 Å². The second-order valence-electron chi connectivity index (χ2n) is 3.51. The molecule has 0 aliphatic rings. The fourth-order valence-corrected chi connectivity index (χ4v) is 2.64. The summed E-state index contributed by atoms with van der Waals surface area (Å²) in [6, 6.07) is 1.72. The van der Waals surface area contributed by atoms with Gasteiger partial charge in [0.1, 0.15) is 15.7 Å². The van der Waals surface area contributed by atoms with Gasteiger partial charge in [0.15, 0.2) is 0 Å². The molecule has 1 rings (SSSR count). The lowest BCUT2D eigenvalue weighted by Gasteiger charge is -2.18. The SMILES string of the molecule is CN(CCS(C)(=O)=O)c1ncc(Cl)cc1Br. The number of hydrogen-bond acceptors (Lipinski definition) is 4. The highest BCUT2D eigenvalue weighted by atomic mass is 79.9. The van der Waals surface area contributed by atoms with E-state index in [0.29, 0.717) is 17.4 Å². The third kappa shape index (κ3) is 4.27. The Morgan fingerprint density at radius 3 is 2.69 bits per heavy atom. The van der Waals surface area contributed by atoms with Crippen LogP contribution < -0.4 is 4.90 Å². The third-order valence-corrected chi connectivity index (χ3v) is 3.66. The van der Waals surface area contributed by atoms with Crippen molar-refractivity contribution in [1.82, 2.24) is 4.98 Å². The lowest BCUT2D eigenvalue weighted by Crippen LogP contribution is -2.25. The predicted octanol–water partition coefficient (Wildman–Crippen LogP) is 1.98. The molecule has 1 heterocycles. The van der Waals surface area contributed by atoms with Crippen LogP contribution in [-0.2, 0) is 9.84 Å². The molecule has 4 nitrogen and oxygen atoms in total. The molecule has 0 spiro atoms. The molecule has 0 radical (unpaired) electrons. The van der Waals surface area contributed by atoms with Gasteiger partial charge >= 0.3 is 0 Å². The van der Waals surface area contributed by atoms with E-state index in [1.807, 2.05) is 0 Å². The van der Waals surface area contributed by atoms with E-state index in [9.17, 15) is 8.42 Å². The summed E-state index contributed by atoms with van der Waals surface area (Å²) in [6.07, 6.45) is 2.74. The van der Waals surface area contributed by atoms with Crippen LogP contribution in [0, 0.1) is 0 Å². The lowest BCUT2D eigenvalue weighted by atomic mass is 10.4. The number of halogens is 2. The minimum atomic E-state index is -2.96. The molecule has 1 aromatic heterocycles. The van der Waals surface area contributed by atoms with Crippen molar-refractivity contribution in [1.29, 1.82) is 0 Å². The van der Waals surface area contributed by atoms with E-state index in [-0.39, 0.29) is 5.75 Å². The molecule has 0 unspecified atom stereocenters. The van der Waals surface area contributed by atoms with Gasteiger partial charge in [-0.2, -0.15) is 0 Å². The Hall–Kier alpha value is -0.330. The Kier molecular flexibility index (Phi) is 4.58. The zero-order valence-electron chi connectivity index (χ0n) is 8.94. The molecule has 0 fully saturated rings. The maximum atomic E-state index is 11.0. The van der Waals surface area contributed by atoms with E-state index in [0.717, 1.165) is 4.47 Å². The highest BCUT2D eigenvalue weighted by Crippen LogP contribution is 2.25. The van der Waals surface area contributed by atoms with E-state index in [1.165, 1.54) is 12.5 Å². The first kappa shape index (κ1) is 13.7. The zero-order chi connectivity index (χ0) is 12.3. The van der Waals surface area contributed by atoms with Gasteiger partial charge in [-0.1, -0.05) is 11.6 Å². The number of anilines is 1. The quantitative estimate of drug-likeness (QED) is 0.848. The van der Waals surface area contributed by atoms with Crippen LogP contribution in [0.15, 0.2) is 16.7 Å². The summed E-state index contributed by atoms with van der Waals surface area (Å²) in [7, 11) is -1.18. The van der Waals surface area contributed by atoms with Gasteiger partial charge in [-0.25, -0.2) is 13.4 Å². The molecule has 0 saturated carbocycles. The zero-order valence-corrected chi connectivity index (χ0v) is 12.1. The highest BCUT2D eigenvalue weighted by molar-refractivity contribution is 9.10. The Morgan fingerprint density at radius 1 is 1.56 bits per heavy atom. The van der Waals surface area contributed by atoms with E-state index >= 15 is 0 Å². The average Bonchev–Trinajstić information content (AvgIpc) is 2.13. The lowest BCUT2D eigenvalue weighted by molar-refractivity contribution is 0.601. The largest absolute Gasteiger partial charge is 0.358 e. The minimum absolute atomic E-state index is 0.0975. The van der Waals surface area contributed by atoms with Crippen molar-refractivity contribution >= 4 is 43.2 Å². The Labute approximate surface area is 109 Å². The maximum Gasteiger partial charge on any atom is 0.149 e. The first-order valence-electron chi connectivity index (χ1n) is 4.49. The van der Waals surface area contributed by atoms with E-state index in [4.69, 9.17) is 11.6 Å². The van der Waals surface area contributed by atoms with Crippen molar-refractivity contribution in [3.63, 3.8) is 0 Å². The van der Waals surface area contributed by atoms with Gasteiger partial charge in [-0.05, 0) is 22.0 Å². The first-order chi connectivity index (χ1) is 7.29. The monoisotopic (exact) mass is 326 g/mol. The molecule has 16 heavy (non-hydrogen) atoms. The standard InChI is InChI=1S/C9H12BrClN2O2S/c1-13(3-4-16(2,14)15)9-8(10)5-7(11)6-12-9/h5-6H,3-4H2,1-2H3. The average molecular weight is 328 g/mol. The van der Waals surface area contributed by atoms with Crippen LogP contribution in [0.3, 0.4) is 0 Å². The molecule has 90 valence electrons. The molecule has 0 N–H and O–H groups in total. The molecule has 0 aliphatic heterocycles. The van der Waals surface area contributed by atoms with Gasteiger partial charge in [-0.3, -0.25) is 0 Å². The smallest absolute Gasteiger partial charge is 0.149 e. The van der Waals surface area contributed by atoms with Crippen molar-refractivity contribution in [2.45, 2.75) is 0 Å². The molecular weight excluding hydrogens is 316 g/mol. The second kappa shape index (κ2) is 5.33. The summed E-state index contributed by atoms with van der Waals surface area (Å²) < 4.78 is 22.8. The number of aromatic nitrogens is 1. The van der Waals surface area contributed by atoms with Crippen LogP contribution in [0.1, 0.15) is 0 Å². The van der Waals surface area contributed by atoms with Crippen LogP contribution in [0.2, 0.25) is 5.02 Å². The molecular formula is C9H12BrClN2O2S. The normalized spacial score (nSPS) is 11.5. The number of nitrogens with zero attached hydrogens (tertiary/aromatic N) is 2. The molecule has 1 aromatic rings. The van der Waals surface area contributed by atoms with Crippen molar-refractivity contribution in [2.24, 2.45) is 0 Å². The molecule has 0 aromatic carbocycles. The number of rotatable bonds is 4. The van der Waals surface area contributed by atoms with Crippen molar-refractivity contribution in [3.8, 4) is 0 Å². The summed E-state index contributed by atoms with van der Waals surface area (Å²) in [5, 5.41) is 0.534. The van der Waals surface area contributed by atoms with Crippen LogP contribution >= 0.6 is 27.5 Å². The van der Waals surface area contributed by atoms with Gasteiger partial charge in [0.25, 0.3) is 0 Å². The van der Waals surface area contributed by atoms with Crippen molar-refractivity contribution < 1.29 is 8.42 Å². The van der Waals surface area contributed by atoms with Gasteiger partial charge in [0, 0.05) is 26.0 Å². The van der Waals surface area contributed by atoms with Gasteiger partial charge < -0.3 is 4.90 Å². The van der Waals surface area contributed by atoms with Crippen LogP contribution in [0.25, 0.3) is 0 Å². The summed E-state index contributed by atoms with van der Waals surface area (Å²) in [5.74, 6) is 0.772. The van der Waals surface area contributed by atoms with E-state index in [2.05, 4.69) is 20.9 Å². The van der Waals surface area contributed by atoms with Crippen LogP contribution in [-0.4, -0.2) is 39.0 Å². The minimum Gasteiger partial charge on any atom is -0.358 e. The van der Waals surface area contributed by atoms with Crippen LogP contribution in [0.5, 0.6) is 0 Å². The maximum absolute atomic E-state index is 11.0. The summed E-state index contributed by atoms with van der Waals surface area (Å²) in [4.78, 5) is 5.90.